The Labute approximate surface area is 116 Å². The molecule has 0 saturated heterocycles. The van der Waals surface area contributed by atoms with Gasteiger partial charge >= 0.3 is 0 Å². The number of pyridine rings is 1. The van der Waals surface area contributed by atoms with Gasteiger partial charge in [-0.25, -0.2) is 4.98 Å². The number of aromatic nitrogens is 1. The van der Waals surface area contributed by atoms with E-state index < -0.39 is 0 Å². The number of aryl methyl sites for hydroxylation is 1. The number of nitrogens with zero attached hydrogens (tertiary/aromatic N) is 2. The van der Waals surface area contributed by atoms with Crippen LogP contribution in [0.3, 0.4) is 0 Å². The Kier molecular flexibility index (Phi) is 4.30. The average molecular weight is 267 g/mol. The SMILES string of the molecule is Cc1cccnc1NC(=O)COc1ccc(C#N)cc1. The van der Waals surface area contributed by atoms with E-state index in [-0.39, 0.29) is 12.5 Å². The van der Waals surface area contributed by atoms with E-state index in [2.05, 4.69) is 10.3 Å². The lowest BCUT2D eigenvalue weighted by Crippen LogP contribution is -2.21. The van der Waals surface area contributed by atoms with Crippen molar-refractivity contribution < 1.29 is 9.53 Å². The van der Waals surface area contributed by atoms with E-state index in [0.717, 1.165) is 5.56 Å². The first kappa shape index (κ1) is 13.6. The first-order valence-corrected chi connectivity index (χ1v) is 6.03. The van der Waals surface area contributed by atoms with Crippen LogP contribution >= 0.6 is 0 Å². The maximum absolute atomic E-state index is 11.7. The molecule has 0 fully saturated rings. The van der Waals surface area contributed by atoms with Gasteiger partial charge in [0.05, 0.1) is 11.6 Å². The van der Waals surface area contributed by atoms with E-state index in [1.54, 1.807) is 36.5 Å². The molecule has 0 atom stereocenters. The minimum Gasteiger partial charge on any atom is -0.484 e. The number of amides is 1. The molecule has 1 heterocycles. The van der Waals surface area contributed by atoms with Crippen LogP contribution in [-0.2, 0) is 4.79 Å². The standard InChI is InChI=1S/C15H13N3O2/c1-11-3-2-8-17-15(11)18-14(19)10-20-13-6-4-12(9-16)5-7-13/h2-8H,10H2,1H3,(H,17,18,19). The second kappa shape index (κ2) is 6.34. The lowest BCUT2D eigenvalue weighted by molar-refractivity contribution is -0.118. The van der Waals surface area contributed by atoms with Gasteiger partial charge in [-0.3, -0.25) is 4.79 Å². The molecule has 5 nitrogen and oxygen atoms in total. The highest BCUT2D eigenvalue weighted by molar-refractivity contribution is 5.91. The molecule has 1 aromatic heterocycles. The summed E-state index contributed by atoms with van der Waals surface area (Å²) in [4.78, 5) is 15.8. The monoisotopic (exact) mass is 267 g/mol. The maximum Gasteiger partial charge on any atom is 0.263 e. The van der Waals surface area contributed by atoms with Gasteiger partial charge in [0.15, 0.2) is 6.61 Å². The van der Waals surface area contributed by atoms with Crippen LogP contribution in [0.5, 0.6) is 5.75 Å². The van der Waals surface area contributed by atoms with Crippen molar-refractivity contribution >= 4 is 11.7 Å². The van der Waals surface area contributed by atoms with E-state index in [1.807, 2.05) is 19.1 Å². The third-order valence-electron chi connectivity index (χ3n) is 2.62. The average Bonchev–Trinajstić information content (AvgIpc) is 2.48. The Hall–Kier alpha value is -2.87. The molecule has 100 valence electrons. The van der Waals surface area contributed by atoms with Gasteiger partial charge in [-0.2, -0.15) is 5.26 Å². The maximum atomic E-state index is 11.7. The lowest BCUT2D eigenvalue weighted by atomic mass is 10.2. The van der Waals surface area contributed by atoms with Gasteiger partial charge in [0.2, 0.25) is 0 Å². The molecule has 20 heavy (non-hydrogen) atoms. The number of anilines is 1. The predicted octanol–water partition coefficient (Wildman–Crippen LogP) is 2.28. The van der Waals surface area contributed by atoms with Crippen LogP contribution in [0.15, 0.2) is 42.6 Å². The summed E-state index contributed by atoms with van der Waals surface area (Å²) in [6.07, 6.45) is 1.62. The van der Waals surface area contributed by atoms with Crippen LogP contribution in [-0.4, -0.2) is 17.5 Å². The molecule has 5 heteroatoms. The predicted molar refractivity (Wildman–Crippen MR) is 74.3 cm³/mol. The summed E-state index contributed by atoms with van der Waals surface area (Å²) in [6, 6.07) is 12.3. The Balaban J connectivity index is 1.89. The van der Waals surface area contributed by atoms with E-state index in [1.165, 1.54) is 0 Å². The number of carbonyl (C=O) groups is 1. The number of rotatable bonds is 4. The molecule has 0 aliphatic heterocycles. The van der Waals surface area contributed by atoms with Crippen LogP contribution < -0.4 is 10.1 Å². The number of hydrogen-bond acceptors (Lipinski definition) is 4. The first-order chi connectivity index (χ1) is 9.69. The van der Waals surface area contributed by atoms with Gasteiger partial charge in [-0.05, 0) is 42.8 Å². The van der Waals surface area contributed by atoms with Crippen molar-refractivity contribution in [2.24, 2.45) is 0 Å². The smallest absolute Gasteiger partial charge is 0.263 e. The molecule has 1 amide bonds. The number of nitrogens with one attached hydrogen (secondary N) is 1. The summed E-state index contributed by atoms with van der Waals surface area (Å²) < 4.78 is 5.33. The minimum absolute atomic E-state index is 0.109. The second-order valence-corrected chi connectivity index (χ2v) is 4.14. The number of benzene rings is 1. The quantitative estimate of drug-likeness (QED) is 0.922. The largest absolute Gasteiger partial charge is 0.484 e. The summed E-state index contributed by atoms with van der Waals surface area (Å²) in [5.41, 5.74) is 1.44. The van der Waals surface area contributed by atoms with E-state index in [4.69, 9.17) is 10.00 Å². The summed E-state index contributed by atoms with van der Waals surface area (Å²) in [7, 11) is 0. The zero-order valence-electron chi connectivity index (χ0n) is 11.0. The fourth-order valence-electron chi connectivity index (χ4n) is 1.56. The lowest BCUT2D eigenvalue weighted by Gasteiger charge is -2.08. The molecular formula is C15H13N3O2. The molecule has 0 aliphatic rings. The van der Waals surface area contributed by atoms with Gasteiger partial charge in [0.25, 0.3) is 5.91 Å². The Morgan fingerprint density at radius 3 is 2.75 bits per heavy atom. The van der Waals surface area contributed by atoms with Gasteiger partial charge in [0.1, 0.15) is 11.6 Å². The Morgan fingerprint density at radius 2 is 2.10 bits per heavy atom. The van der Waals surface area contributed by atoms with Crippen molar-refractivity contribution in [2.45, 2.75) is 6.92 Å². The van der Waals surface area contributed by atoms with Crippen molar-refractivity contribution in [3.63, 3.8) is 0 Å². The van der Waals surface area contributed by atoms with Crippen molar-refractivity contribution in [3.05, 3.63) is 53.7 Å². The van der Waals surface area contributed by atoms with Gasteiger partial charge < -0.3 is 10.1 Å². The highest BCUT2D eigenvalue weighted by Gasteiger charge is 2.06. The third kappa shape index (κ3) is 3.56. The van der Waals surface area contributed by atoms with Crippen molar-refractivity contribution in [1.82, 2.24) is 4.98 Å². The number of nitriles is 1. The first-order valence-electron chi connectivity index (χ1n) is 6.03. The van der Waals surface area contributed by atoms with Crippen LogP contribution in [0.25, 0.3) is 0 Å². The number of hydrogen-bond donors (Lipinski definition) is 1. The topological polar surface area (TPSA) is 75.0 Å². The number of carbonyl (C=O) groups excluding carboxylic acids is 1. The molecule has 0 aliphatic carbocycles. The summed E-state index contributed by atoms with van der Waals surface area (Å²) in [5.74, 6) is 0.786. The molecule has 2 aromatic rings. The van der Waals surface area contributed by atoms with Gasteiger partial charge in [0, 0.05) is 6.20 Å². The Morgan fingerprint density at radius 1 is 1.35 bits per heavy atom. The van der Waals surface area contributed by atoms with E-state index in [0.29, 0.717) is 17.1 Å². The third-order valence-corrected chi connectivity index (χ3v) is 2.62. The molecule has 1 aromatic carbocycles. The van der Waals surface area contributed by atoms with Crippen LogP contribution in [0.4, 0.5) is 5.82 Å². The molecule has 2 rings (SSSR count). The van der Waals surface area contributed by atoms with E-state index >= 15 is 0 Å². The zero-order valence-corrected chi connectivity index (χ0v) is 11.0. The van der Waals surface area contributed by atoms with Gasteiger partial charge in [-0.1, -0.05) is 6.07 Å². The molecular weight excluding hydrogens is 254 g/mol. The van der Waals surface area contributed by atoms with Crippen LogP contribution in [0.2, 0.25) is 0 Å². The summed E-state index contributed by atoms with van der Waals surface area (Å²) in [5, 5.41) is 11.4. The molecule has 0 unspecified atom stereocenters. The van der Waals surface area contributed by atoms with Crippen LogP contribution in [0, 0.1) is 18.3 Å². The summed E-state index contributed by atoms with van der Waals surface area (Å²) >= 11 is 0. The summed E-state index contributed by atoms with van der Waals surface area (Å²) in [6.45, 7) is 1.76. The second-order valence-electron chi connectivity index (χ2n) is 4.14. The van der Waals surface area contributed by atoms with E-state index in [9.17, 15) is 4.79 Å². The molecule has 0 radical (unpaired) electrons. The van der Waals surface area contributed by atoms with Crippen LogP contribution in [0.1, 0.15) is 11.1 Å². The highest BCUT2D eigenvalue weighted by atomic mass is 16.5. The zero-order chi connectivity index (χ0) is 14.4. The minimum atomic E-state index is -0.281. The normalized spacial score (nSPS) is 9.60. The van der Waals surface area contributed by atoms with Crippen molar-refractivity contribution in [2.75, 3.05) is 11.9 Å². The fourth-order valence-corrected chi connectivity index (χ4v) is 1.56. The van der Waals surface area contributed by atoms with Gasteiger partial charge in [-0.15, -0.1) is 0 Å². The number of ether oxygens (including phenoxy) is 1. The molecule has 0 saturated carbocycles. The van der Waals surface area contributed by atoms with Crippen molar-refractivity contribution in [3.8, 4) is 11.8 Å². The fraction of sp³-hybridized carbons (Fsp3) is 0.133. The highest BCUT2D eigenvalue weighted by Crippen LogP contribution is 2.12. The molecule has 0 bridgehead atoms. The molecule has 0 spiro atoms. The molecule has 1 N–H and O–H groups in total. The Bertz CT molecular complexity index is 645. The van der Waals surface area contributed by atoms with Crippen molar-refractivity contribution in [1.29, 1.82) is 5.26 Å².